The summed E-state index contributed by atoms with van der Waals surface area (Å²) < 4.78 is 0. The van der Waals surface area contributed by atoms with Gasteiger partial charge in [0.2, 0.25) is 5.91 Å². The number of carboxylic acids is 1. The van der Waals surface area contributed by atoms with E-state index in [0.717, 1.165) is 16.9 Å². The zero-order valence-corrected chi connectivity index (χ0v) is 17.3. The molecule has 0 aliphatic heterocycles. The van der Waals surface area contributed by atoms with Gasteiger partial charge in [-0.1, -0.05) is 37.3 Å². The van der Waals surface area contributed by atoms with E-state index in [0.29, 0.717) is 24.4 Å². The Kier molecular flexibility index (Phi) is 6.20. The second-order valence-corrected chi connectivity index (χ2v) is 8.94. The van der Waals surface area contributed by atoms with Crippen molar-refractivity contribution in [3.05, 3.63) is 41.3 Å². The van der Waals surface area contributed by atoms with Crippen molar-refractivity contribution in [3.63, 3.8) is 0 Å². The molecule has 1 fully saturated rings. The van der Waals surface area contributed by atoms with Crippen LogP contribution in [0.3, 0.4) is 0 Å². The zero-order valence-electron chi connectivity index (χ0n) is 16.5. The Morgan fingerprint density at radius 1 is 1.18 bits per heavy atom. The zero-order chi connectivity index (χ0) is 20.4. The number of benzene rings is 1. The fraction of sp³-hybridized carbons (Fsp3) is 0.455. The average Bonchev–Trinajstić information content (AvgIpc) is 3.07. The maximum Gasteiger partial charge on any atom is 0.348 e. The average molecular weight is 402 g/mol. The molecule has 1 aromatic carbocycles. The second-order valence-electron chi connectivity index (χ2n) is 7.89. The number of aliphatic hydroxyl groups excluding tert-OH is 1. The largest absolute Gasteiger partial charge is 0.477 e. The van der Waals surface area contributed by atoms with Crippen molar-refractivity contribution >= 4 is 28.9 Å². The van der Waals surface area contributed by atoms with Crippen LogP contribution in [0.4, 0.5) is 5.69 Å². The van der Waals surface area contributed by atoms with E-state index in [1.807, 2.05) is 44.2 Å². The summed E-state index contributed by atoms with van der Waals surface area (Å²) >= 11 is 1.18. The van der Waals surface area contributed by atoms with Gasteiger partial charge in [0.1, 0.15) is 4.88 Å². The summed E-state index contributed by atoms with van der Waals surface area (Å²) in [5.74, 6) is -1.32. The fourth-order valence-electron chi connectivity index (χ4n) is 3.93. The third-order valence-electron chi connectivity index (χ3n) is 5.37. The van der Waals surface area contributed by atoms with E-state index in [4.69, 9.17) is 0 Å². The van der Waals surface area contributed by atoms with Gasteiger partial charge >= 0.3 is 5.97 Å². The molecule has 5 nitrogen and oxygen atoms in total. The molecule has 1 heterocycles. The van der Waals surface area contributed by atoms with E-state index < -0.39 is 18.0 Å². The molecule has 1 saturated carbocycles. The molecule has 1 aliphatic rings. The standard InChI is InChI=1S/C22H27NO4S/c1-13(2)23(21(25)16-10-9-14(3)11-18(16)24)17-12-19(28-20(17)22(26)27)15-7-5-4-6-8-15/h4-8,12-14,16,18,24H,9-11H2,1-3H3,(H,26,27)/t14-,16?,18+/m1/s1. The summed E-state index contributed by atoms with van der Waals surface area (Å²) in [5, 5.41) is 20.2. The normalized spacial score (nSPS) is 22.2. The molecular weight excluding hydrogens is 374 g/mol. The van der Waals surface area contributed by atoms with Gasteiger partial charge in [0, 0.05) is 10.9 Å². The van der Waals surface area contributed by atoms with Gasteiger partial charge in [-0.2, -0.15) is 0 Å². The lowest BCUT2D eigenvalue weighted by Gasteiger charge is -2.36. The van der Waals surface area contributed by atoms with Gasteiger partial charge in [-0.3, -0.25) is 4.79 Å². The van der Waals surface area contributed by atoms with Crippen molar-refractivity contribution in [3.8, 4) is 10.4 Å². The lowest BCUT2D eigenvalue weighted by atomic mass is 9.80. The number of aliphatic hydroxyl groups is 1. The molecular formula is C22H27NO4S. The summed E-state index contributed by atoms with van der Waals surface area (Å²) in [4.78, 5) is 27.8. The number of carbonyl (C=O) groups is 2. The summed E-state index contributed by atoms with van der Waals surface area (Å²) in [6, 6.07) is 11.1. The van der Waals surface area contributed by atoms with Gasteiger partial charge in [-0.25, -0.2) is 4.79 Å². The van der Waals surface area contributed by atoms with Crippen LogP contribution in [0.5, 0.6) is 0 Å². The predicted molar refractivity (Wildman–Crippen MR) is 112 cm³/mol. The molecule has 0 spiro atoms. The molecule has 1 aromatic heterocycles. The molecule has 0 bridgehead atoms. The Morgan fingerprint density at radius 2 is 1.86 bits per heavy atom. The Labute approximate surface area is 169 Å². The first-order valence-electron chi connectivity index (χ1n) is 9.73. The van der Waals surface area contributed by atoms with E-state index in [1.165, 1.54) is 11.3 Å². The molecule has 2 N–H and O–H groups in total. The Hall–Kier alpha value is -2.18. The number of nitrogens with zero attached hydrogens (tertiary/aromatic N) is 1. The number of aromatic carboxylic acids is 1. The molecule has 1 amide bonds. The lowest BCUT2D eigenvalue weighted by molar-refractivity contribution is -0.128. The minimum atomic E-state index is -1.04. The third kappa shape index (κ3) is 4.13. The second kappa shape index (κ2) is 8.45. The number of thiophene rings is 1. The van der Waals surface area contributed by atoms with Crippen LogP contribution in [-0.4, -0.2) is 34.2 Å². The van der Waals surface area contributed by atoms with Crippen molar-refractivity contribution in [1.82, 2.24) is 0 Å². The van der Waals surface area contributed by atoms with Crippen molar-refractivity contribution < 1.29 is 19.8 Å². The summed E-state index contributed by atoms with van der Waals surface area (Å²) in [6.07, 6.45) is 1.44. The minimum Gasteiger partial charge on any atom is -0.477 e. The Bertz CT molecular complexity index is 845. The molecule has 2 aromatic rings. The van der Waals surface area contributed by atoms with Crippen molar-refractivity contribution in [2.75, 3.05) is 4.90 Å². The molecule has 150 valence electrons. The summed E-state index contributed by atoms with van der Waals surface area (Å²) in [5.41, 5.74) is 1.34. The van der Waals surface area contributed by atoms with Gasteiger partial charge in [0.25, 0.3) is 0 Å². The van der Waals surface area contributed by atoms with Crippen LogP contribution < -0.4 is 4.90 Å². The first-order valence-corrected chi connectivity index (χ1v) is 10.5. The van der Waals surface area contributed by atoms with E-state index in [1.54, 1.807) is 11.0 Å². The van der Waals surface area contributed by atoms with Gasteiger partial charge in [-0.05, 0) is 50.7 Å². The molecule has 0 radical (unpaired) electrons. The number of carboxylic acid groups (broad SMARTS) is 1. The fourth-order valence-corrected chi connectivity index (χ4v) is 4.92. The van der Waals surface area contributed by atoms with Crippen LogP contribution in [0.2, 0.25) is 0 Å². The number of hydrogen-bond donors (Lipinski definition) is 2. The SMILES string of the molecule is CC(C)N(C(=O)C1CC[C@@H](C)C[C@@H]1O)c1cc(-c2ccccc2)sc1C(=O)O. The maximum absolute atomic E-state index is 13.4. The molecule has 0 saturated heterocycles. The highest BCUT2D eigenvalue weighted by atomic mass is 32.1. The number of rotatable bonds is 5. The predicted octanol–water partition coefficient (Wildman–Crippen LogP) is 4.65. The van der Waals surface area contributed by atoms with Gasteiger partial charge < -0.3 is 15.1 Å². The number of anilines is 1. The minimum absolute atomic E-state index is 0.152. The van der Waals surface area contributed by atoms with Crippen LogP contribution in [0.1, 0.15) is 49.7 Å². The van der Waals surface area contributed by atoms with Crippen molar-refractivity contribution in [2.24, 2.45) is 11.8 Å². The number of amides is 1. The van der Waals surface area contributed by atoms with Gasteiger partial charge in [-0.15, -0.1) is 11.3 Å². The maximum atomic E-state index is 13.4. The van der Waals surface area contributed by atoms with Gasteiger partial charge in [0.15, 0.2) is 0 Å². The topological polar surface area (TPSA) is 77.8 Å². The van der Waals surface area contributed by atoms with Crippen LogP contribution in [0, 0.1) is 11.8 Å². The number of hydrogen-bond acceptors (Lipinski definition) is 4. The van der Waals surface area contributed by atoms with Crippen LogP contribution >= 0.6 is 11.3 Å². The summed E-state index contributed by atoms with van der Waals surface area (Å²) in [6.45, 7) is 5.83. The van der Waals surface area contributed by atoms with E-state index in [2.05, 4.69) is 6.92 Å². The monoisotopic (exact) mass is 401 g/mol. The quantitative estimate of drug-likeness (QED) is 0.764. The molecule has 3 atom stereocenters. The van der Waals surface area contributed by atoms with Crippen LogP contribution in [0.25, 0.3) is 10.4 Å². The first-order chi connectivity index (χ1) is 13.3. The summed E-state index contributed by atoms with van der Waals surface area (Å²) in [7, 11) is 0. The van der Waals surface area contributed by atoms with Crippen LogP contribution in [-0.2, 0) is 4.79 Å². The molecule has 1 aliphatic carbocycles. The Balaban J connectivity index is 2.01. The van der Waals surface area contributed by atoms with E-state index in [-0.39, 0.29) is 16.8 Å². The van der Waals surface area contributed by atoms with Crippen LogP contribution in [0.15, 0.2) is 36.4 Å². The third-order valence-corrected chi connectivity index (χ3v) is 6.54. The molecule has 28 heavy (non-hydrogen) atoms. The smallest absolute Gasteiger partial charge is 0.348 e. The molecule has 3 rings (SSSR count). The van der Waals surface area contributed by atoms with Crippen molar-refractivity contribution in [1.29, 1.82) is 0 Å². The van der Waals surface area contributed by atoms with E-state index >= 15 is 0 Å². The molecule has 1 unspecified atom stereocenters. The van der Waals surface area contributed by atoms with Crippen molar-refractivity contribution in [2.45, 2.75) is 52.2 Å². The molecule has 6 heteroatoms. The lowest BCUT2D eigenvalue weighted by Crippen LogP contribution is -2.46. The Morgan fingerprint density at radius 3 is 2.43 bits per heavy atom. The highest BCUT2D eigenvalue weighted by molar-refractivity contribution is 7.18. The highest BCUT2D eigenvalue weighted by Gasteiger charge is 2.38. The highest BCUT2D eigenvalue weighted by Crippen LogP contribution is 2.39. The van der Waals surface area contributed by atoms with E-state index in [9.17, 15) is 19.8 Å². The first kappa shape index (κ1) is 20.6. The number of carbonyl (C=O) groups excluding carboxylic acids is 1. The van der Waals surface area contributed by atoms with Gasteiger partial charge in [0.05, 0.1) is 17.7 Å².